The van der Waals surface area contributed by atoms with Crippen LogP contribution in [0.5, 0.6) is 0 Å². The molecule has 0 aliphatic heterocycles. The predicted molar refractivity (Wildman–Crippen MR) is 139 cm³/mol. The van der Waals surface area contributed by atoms with E-state index in [0.29, 0.717) is 12.1 Å². The maximum atomic E-state index is 13.9. The average Bonchev–Trinajstić information content (AvgIpc) is 3.28. The molecule has 2 aromatic carbocycles. The summed E-state index contributed by atoms with van der Waals surface area (Å²) in [5.74, 6) is -0.00772. The van der Waals surface area contributed by atoms with E-state index >= 15 is 0 Å². The van der Waals surface area contributed by atoms with Crippen LogP contribution in [0.1, 0.15) is 61.4 Å². The van der Waals surface area contributed by atoms with Gasteiger partial charge < -0.3 is 5.32 Å². The molecule has 31 heavy (non-hydrogen) atoms. The SMILES string of the molecule is CCCCNC(=O)C(C1CCCC1)N(C(=O)c1ccccc1I)c1ccc(C)c(Br)c1. The number of nitrogens with zero attached hydrogens (tertiary/aromatic N) is 1. The Morgan fingerprint density at radius 1 is 1.19 bits per heavy atom. The highest BCUT2D eigenvalue weighted by atomic mass is 127. The Hall–Kier alpha value is -1.41. The van der Waals surface area contributed by atoms with Gasteiger partial charge in [0, 0.05) is 20.3 Å². The highest BCUT2D eigenvalue weighted by molar-refractivity contribution is 14.1. The van der Waals surface area contributed by atoms with Crippen LogP contribution in [-0.2, 0) is 4.79 Å². The van der Waals surface area contributed by atoms with Crippen LogP contribution in [0.2, 0.25) is 0 Å². The Balaban J connectivity index is 2.08. The molecule has 1 aliphatic rings. The Kier molecular flexibility index (Phi) is 8.95. The van der Waals surface area contributed by atoms with E-state index in [-0.39, 0.29) is 17.7 Å². The average molecular weight is 597 g/mol. The van der Waals surface area contributed by atoms with E-state index in [1.54, 1.807) is 4.90 Å². The summed E-state index contributed by atoms with van der Waals surface area (Å²) in [7, 11) is 0. The maximum Gasteiger partial charge on any atom is 0.260 e. The fourth-order valence-corrected chi connectivity index (χ4v) is 5.19. The summed E-state index contributed by atoms with van der Waals surface area (Å²) in [5.41, 5.74) is 2.48. The number of benzene rings is 2. The minimum Gasteiger partial charge on any atom is -0.354 e. The van der Waals surface area contributed by atoms with Crippen molar-refractivity contribution in [3.8, 4) is 0 Å². The molecule has 0 aromatic heterocycles. The van der Waals surface area contributed by atoms with Crippen molar-refractivity contribution in [2.45, 2.75) is 58.4 Å². The molecule has 4 nitrogen and oxygen atoms in total. The van der Waals surface area contributed by atoms with Gasteiger partial charge >= 0.3 is 0 Å². The third-order valence-corrected chi connectivity index (χ3v) is 7.77. The van der Waals surface area contributed by atoms with Gasteiger partial charge in [0.25, 0.3) is 5.91 Å². The second-order valence-corrected chi connectivity index (χ2v) is 10.2. The lowest BCUT2D eigenvalue weighted by Crippen LogP contribution is -2.53. The molecule has 0 spiro atoms. The zero-order valence-corrected chi connectivity index (χ0v) is 21.9. The van der Waals surface area contributed by atoms with Crippen molar-refractivity contribution in [1.82, 2.24) is 5.32 Å². The second kappa shape index (κ2) is 11.5. The van der Waals surface area contributed by atoms with E-state index in [4.69, 9.17) is 0 Å². The Morgan fingerprint density at radius 2 is 1.90 bits per heavy atom. The number of amides is 2. The lowest BCUT2D eigenvalue weighted by Gasteiger charge is -2.35. The Morgan fingerprint density at radius 3 is 2.55 bits per heavy atom. The zero-order chi connectivity index (χ0) is 22.4. The number of unbranched alkanes of at least 4 members (excludes halogenated alkanes) is 1. The predicted octanol–water partition coefficient (Wildman–Crippen LogP) is 6.48. The molecule has 1 atom stereocenters. The molecular weight excluding hydrogens is 567 g/mol. The Labute approximate surface area is 207 Å². The summed E-state index contributed by atoms with van der Waals surface area (Å²) in [5, 5.41) is 3.11. The van der Waals surface area contributed by atoms with Gasteiger partial charge in [0.05, 0.1) is 5.56 Å². The minimum atomic E-state index is -0.516. The normalized spacial score (nSPS) is 15.0. The molecule has 166 valence electrons. The number of anilines is 1. The van der Waals surface area contributed by atoms with Crippen molar-refractivity contribution in [1.29, 1.82) is 0 Å². The minimum absolute atomic E-state index is 0.0451. The van der Waals surface area contributed by atoms with Crippen molar-refractivity contribution in [3.63, 3.8) is 0 Å². The quantitative estimate of drug-likeness (QED) is 0.280. The summed E-state index contributed by atoms with van der Waals surface area (Å²) in [6.07, 6.45) is 6.09. The number of rotatable bonds is 8. The van der Waals surface area contributed by atoms with Crippen molar-refractivity contribution < 1.29 is 9.59 Å². The van der Waals surface area contributed by atoms with E-state index in [2.05, 4.69) is 50.8 Å². The van der Waals surface area contributed by atoms with E-state index in [1.165, 1.54) is 0 Å². The zero-order valence-electron chi connectivity index (χ0n) is 18.2. The van der Waals surface area contributed by atoms with Gasteiger partial charge in [-0.15, -0.1) is 0 Å². The number of hydrogen-bond acceptors (Lipinski definition) is 2. The summed E-state index contributed by atoms with van der Waals surface area (Å²) >= 11 is 5.81. The van der Waals surface area contributed by atoms with E-state index in [0.717, 1.165) is 57.8 Å². The summed E-state index contributed by atoms with van der Waals surface area (Å²) < 4.78 is 1.82. The molecule has 2 aromatic rings. The second-order valence-electron chi connectivity index (χ2n) is 8.22. The van der Waals surface area contributed by atoms with E-state index in [9.17, 15) is 9.59 Å². The highest BCUT2D eigenvalue weighted by Crippen LogP contribution is 2.35. The van der Waals surface area contributed by atoms with Crippen molar-refractivity contribution in [3.05, 3.63) is 61.6 Å². The van der Waals surface area contributed by atoms with Crippen LogP contribution < -0.4 is 10.2 Å². The van der Waals surface area contributed by atoms with Crippen LogP contribution in [0.15, 0.2) is 46.9 Å². The number of carbonyl (C=O) groups is 2. The molecule has 0 bridgehead atoms. The first kappa shape index (κ1) is 24.2. The molecule has 1 fully saturated rings. The van der Waals surface area contributed by atoms with E-state index < -0.39 is 6.04 Å². The topological polar surface area (TPSA) is 49.4 Å². The van der Waals surface area contributed by atoms with Gasteiger partial charge in [0.1, 0.15) is 6.04 Å². The van der Waals surface area contributed by atoms with Crippen molar-refractivity contribution >= 4 is 56.0 Å². The van der Waals surface area contributed by atoms with Crippen molar-refractivity contribution in [2.75, 3.05) is 11.4 Å². The molecular formula is C25H30BrIN2O2. The number of nitrogens with one attached hydrogen (secondary N) is 1. The van der Waals surface area contributed by atoms with Crippen LogP contribution in [0.3, 0.4) is 0 Å². The van der Waals surface area contributed by atoms with Crippen molar-refractivity contribution in [2.24, 2.45) is 5.92 Å². The lowest BCUT2D eigenvalue weighted by atomic mass is 9.94. The number of halogens is 2. The molecule has 3 rings (SSSR count). The monoisotopic (exact) mass is 596 g/mol. The van der Waals surface area contributed by atoms with Crippen LogP contribution in [0, 0.1) is 16.4 Å². The molecule has 1 unspecified atom stereocenters. The third-order valence-electron chi connectivity index (χ3n) is 5.98. The number of aryl methyl sites for hydroxylation is 1. The molecule has 0 radical (unpaired) electrons. The van der Waals surface area contributed by atoms with Crippen LogP contribution in [-0.4, -0.2) is 24.4 Å². The van der Waals surface area contributed by atoms with Gasteiger partial charge in [-0.1, -0.05) is 60.3 Å². The molecule has 6 heteroatoms. The summed E-state index contributed by atoms with van der Waals surface area (Å²) in [4.78, 5) is 29.1. The first-order chi connectivity index (χ1) is 14.9. The van der Waals surface area contributed by atoms with Crippen LogP contribution >= 0.6 is 38.5 Å². The molecule has 0 heterocycles. The Bertz CT molecular complexity index is 927. The van der Waals surface area contributed by atoms with Gasteiger partial charge in [-0.05, 0) is 84.5 Å². The van der Waals surface area contributed by atoms with Gasteiger partial charge in [0.15, 0.2) is 0 Å². The molecule has 1 aliphatic carbocycles. The van der Waals surface area contributed by atoms with Crippen LogP contribution in [0.25, 0.3) is 0 Å². The number of carbonyl (C=O) groups excluding carboxylic acids is 2. The number of hydrogen-bond donors (Lipinski definition) is 1. The summed E-state index contributed by atoms with van der Waals surface area (Å²) in [6.45, 7) is 4.77. The summed E-state index contributed by atoms with van der Waals surface area (Å²) in [6, 6.07) is 13.0. The molecule has 1 N–H and O–H groups in total. The molecule has 0 saturated heterocycles. The third kappa shape index (κ3) is 5.89. The largest absolute Gasteiger partial charge is 0.354 e. The van der Waals surface area contributed by atoms with Gasteiger partial charge in [0.2, 0.25) is 5.91 Å². The maximum absolute atomic E-state index is 13.9. The first-order valence-electron chi connectivity index (χ1n) is 11.1. The molecule has 1 saturated carbocycles. The fraction of sp³-hybridized carbons (Fsp3) is 0.440. The van der Waals surface area contributed by atoms with Crippen LogP contribution in [0.4, 0.5) is 5.69 Å². The highest BCUT2D eigenvalue weighted by Gasteiger charge is 2.39. The van der Waals surface area contributed by atoms with Gasteiger partial charge in [-0.3, -0.25) is 14.5 Å². The standard InChI is InChI=1S/C25H30BrIN2O2/c1-3-4-15-28-24(30)23(18-9-5-6-10-18)29(19-14-13-17(2)21(26)16-19)25(31)20-11-7-8-12-22(20)27/h7-8,11-14,16,18,23H,3-6,9-10,15H2,1-2H3,(H,28,30). The van der Waals surface area contributed by atoms with Gasteiger partial charge in [-0.25, -0.2) is 0 Å². The lowest BCUT2D eigenvalue weighted by molar-refractivity contribution is -0.123. The van der Waals surface area contributed by atoms with E-state index in [1.807, 2.05) is 49.4 Å². The fourth-order valence-electron chi connectivity index (χ4n) is 4.21. The molecule has 2 amide bonds. The van der Waals surface area contributed by atoms with Gasteiger partial charge in [-0.2, -0.15) is 0 Å². The smallest absolute Gasteiger partial charge is 0.260 e. The first-order valence-corrected chi connectivity index (χ1v) is 12.9.